The Bertz CT molecular complexity index is 332. The van der Waals surface area contributed by atoms with E-state index < -0.39 is 0 Å². The Balaban J connectivity index is 1.80. The lowest BCUT2D eigenvalue weighted by atomic mass is 10.1. The number of thiazole rings is 1. The van der Waals surface area contributed by atoms with E-state index in [9.17, 15) is 0 Å². The van der Waals surface area contributed by atoms with E-state index in [0.717, 1.165) is 18.5 Å². The Morgan fingerprint density at radius 1 is 1.50 bits per heavy atom. The van der Waals surface area contributed by atoms with E-state index in [4.69, 9.17) is 0 Å². The molecule has 90 valence electrons. The van der Waals surface area contributed by atoms with Gasteiger partial charge < -0.3 is 5.32 Å². The molecule has 1 heterocycles. The molecular formula is C13H22N2S. The fourth-order valence-corrected chi connectivity index (χ4v) is 3.20. The second-order valence-corrected chi connectivity index (χ2v) is 6.26. The first kappa shape index (κ1) is 12.1. The van der Waals surface area contributed by atoms with Gasteiger partial charge in [-0.15, -0.1) is 11.3 Å². The van der Waals surface area contributed by atoms with Crippen LogP contribution >= 0.6 is 11.3 Å². The molecule has 2 nitrogen and oxygen atoms in total. The summed E-state index contributed by atoms with van der Waals surface area (Å²) < 4.78 is 0. The smallest absolute Gasteiger partial charge is 0.107 e. The Morgan fingerprint density at radius 2 is 2.31 bits per heavy atom. The third-order valence-electron chi connectivity index (χ3n) is 3.40. The van der Waals surface area contributed by atoms with Crippen LogP contribution in [0.25, 0.3) is 0 Å². The highest BCUT2D eigenvalue weighted by atomic mass is 32.1. The van der Waals surface area contributed by atoms with Crippen molar-refractivity contribution < 1.29 is 0 Å². The van der Waals surface area contributed by atoms with Gasteiger partial charge in [-0.05, 0) is 31.1 Å². The van der Waals surface area contributed by atoms with Crippen LogP contribution in [0.1, 0.15) is 56.7 Å². The Hall–Kier alpha value is -0.410. The molecule has 1 N–H and O–H groups in total. The molecule has 2 atom stereocenters. The van der Waals surface area contributed by atoms with E-state index in [1.807, 2.05) is 0 Å². The second-order valence-electron chi connectivity index (χ2n) is 5.32. The van der Waals surface area contributed by atoms with Gasteiger partial charge in [-0.1, -0.05) is 20.8 Å². The summed E-state index contributed by atoms with van der Waals surface area (Å²) in [5.74, 6) is 1.46. The van der Waals surface area contributed by atoms with Crippen molar-refractivity contribution in [1.29, 1.82) is 0 Å². The van der Waals surface area contributed by atoms with Gasteiger partial charge in [0.25, 0.3) is 0 Å². The van der Waals surface area contributed by atoms with Crippen molar-refractivity contribution in [2.75, 3.05) is 0 Å². The molecule has 0 aliphatic heterocycles. The van der Waals surface area contributed by atoms with Crippen molar-refractivity contribution in [2.24, 2.45) is 5.92 Å². The van der Waals surface area contributed by atoms with Gasteiger partial charge in [-0.3, -0.25) is 0 Å². The van der Waals surface area contributed by atoms with Crippen molar-refractivity contribution >= 4 is 11.3 Å². The molecule has 2 rings (SSSR count). The summed E-state index contributed by atoms with van der Waals surface area (Å²) in [7, 11) is 0. The molecule has 1 fully saturated rings. The molecule has 1 saturated carbocycles. The summed E-state index contributed by atoms with van der Waals surface area (Å²) in [6.07, 6.45) is 4.05. The highest BCUT2D eigenvalue weighted by Crippen LogP contribution is 2.25. The lowest BCUT2D eigenvalue weighted by molar-refractivity contribution is 0.501. The third kappa shape index (κ3) is 3.05. The normalized spacial score (nSPS) is 25.5. The van der Waals surface area contributed by atoms with Gasteiger partial charge in [0.15, 0.2) is 0 Å². The van der Waals surface area contributed by atoms with Crippen LogP contribution in [0.3, 0.4) is 0 Å². The van der Waals surface area contributed by atoms with E-state index in [-0.39, 0.29) is 0 Å². The van der Waals surface area contributed by atoms with Crippen LogP contribution in [-0.4, -0.2) is 11.0 Å². The van der Waals surface area contributed by atoms with Crippen molar-refractivity contribution in [2.45, 2.75) is 58.5 Å². The van der Waals surface area contributed by atoms with E-state index in [0.29, 0.717) is 5.92 Å². The molecule has 1 aromatic heterocycles. The lowest BCUT2D eigenvalue weighted by Crippen LogP contribution is -2.25. The van der Waals surface area contributed by atoms with E-state index >= 15 is 0 Å². The van der Waals surface area contributed by atoms with E-state index in [1.165, 1.54) is 30.0 Å². The summed E-state index contributed by atoms with van der Waals surface area (Å²) in [4.78, 5) is 4.65. The maximum absolute atomic E-state index is 4.65. The zero-order chi connectivity index (χ0) is 11.5. The predicted octanol–water partition coefficient (Wildman–Crippen LogP) is 3.54. The van der Waals surface area contributed by atoms with Crippen LogP contribution < -0.4 is 5.32 Å². The van der Waals surface area contributed by atoms with Crippen LogP contribution in [0.4, 0.5) is 0 Å². The molecule has 2 unspecified atom stereocenters. The first-order chi connectivity index (χ1) is 7.65. The van der Waals surface area contributed by atoms with Gasteiger partial charge in [0, 0.05) is 18.0 Å². The molecule has 16 heavy (non-hydrogen) atoms. The fraction of sp³-hybridized carbons (Fsp3) is 0.769. The molecule has 3 heteroatoms. The zero-order valence-electron chi connectivity index (χ0n) is 10.5. The van der Waals surface area contributed by atoms with E-state index in [2.05, 4.69) is 36.5 Å². The Kier molecular flexibility index (Phi) is 3.98. The molecule has 1 aliphatic rings. The summed E-state index contributed by atoms with van der Waals surface area (Å²) in [5, 5.41) is 7.06. The van der Waals surface area contributed by atoms with Crippen LogP contribution in [0.5, 0.6) is 0 Å². The summed E-state index contributed by atoms with van der Waals surface area (Å²) in [6.45, 7) is 7.70. The molecule has 0 bridgehead atoms. The highest BCUT2D eigenvalue weighted by molar-refractivity contribution is 7.09. The molecule has 1 aromatic rings. The Morgan fingerprint density at radius 3 is 2.88 bits per heavy atom. The van der Waals surface area contributed by atoms with Crippen molar-refractivity contribution in [1.82, 2.24) is 10.3 Å². The number of nitrogens with one attached hydrogen (secondary N) is 1. The van der Waals surface area contributed by atoms with Gasteiger partial charge in [-0.25, -0.2) is 4.98 Å². The molecular weight excluding hydrogens is 216 g/mol. The van der Waals surface area contributed by atoms with Crippen LogP contribution in [0.15, 0.2) is 5.38 Å². The average molecular weight is 238 g/mol. The molecule has 0 radical (unpaired) electrons. The highest BCUT2D eigenvalue weighted by Gasteiger charge is 2.20. The first-order valence-corrected chi connectivity index (χ1v) is 7.20. The van der Waals surface area contributed by atoms with Crippen LogP contribution in [-0.2, 0) is 6.54 Å². The molecule has 1 aliphatic carbocycles. The summed E-state index contributed by atoms with van der Waals surface area (Å²) in [5.41, 5.74) is 1.24. The Labute approximate surface area is 102 Å². The second kappa shape index (κ2) is 5.28. The van der Waals surface area contributed by atoms with E-state index in [1.54, 1.807) is 11.3 Å². The van der Waals surface area contributed by atoms with Gasteiger partial charge >= 0.3 is 0 Å². The summed E-state index contributed by atoms with van der Waals surface area (Å²) >= 11 is 1.79. The van der Waals surface area contributed by atoms with Crippen molar-refractivity contribution in [3.05, 3.63) is 16.1 Å². The van der Waals surface area contributed by atoms with Gasteiger partial charge in [0.05, 0.1) is 5.69 Å². The standard InChI is InChI=1S/C13H22N2S/c1-9(2)12-8-16-13(15-12)7-14-11-5-4-10(3)6-11/h8-11,14H,4-7H2,1-3H3. The number of hydrogen-bond donors (Lipinski definition) is 1. The number of nitrogens with zero attached hydrogens (tertiary/aromatic N) is 1. The van der Waals surface area contributed by atoms with Gasteiger partial charge in [-0.2, -0.15) is 0 Å². The average Bonchev–Trinajstić information content (AvgIpc) is 2.83. The predicted molar refractivity (Wildman–Crippen MR) is 69.8 cm³/mol. The van der Waals surface area contributed by atoms with Gasteiger partial charge in [0.2, 0.25) is 0 Å². The van der Waals surface area contributed by atoms with Crippen molar-refractivity contribution in [3.8, 4) is 0 Å². The third-order valence-corrected chi connectivity index (χ3v) is 4.26. The zero-order valence-corrected chi connectivity index (χ0v) is 11.3. The molecule has 0 saturated heterocycles. The maximum atomic E-state index is 4.65. The first-order valence-electron chi connectivity index (χ1n) is 6.33. The minimum atomic E-state index is 0.552. The topological polar surface area (TPSA) is 24.9 Å². The molecule has 0 amide bonds. The quantitative estimate of drug-likeness (QED) is 0.868. The monoisotopic (exact) mass is 238 g/mol. The molecule has 0 aromatic carbocycles. The van der Waals surface area contributed by atoms with Crippen LogP contribution in [0.2, 0.25) is 0 Å². The largest absolute Gasteiger partial charge is 0.308 e. The fourth-order valence-electron chi connectivity index (χ4n) is 2.30. The lowest BCUT2D eigenvalue weighted by Gasteiger charge is -2.10. The SMILES string of the molecule is CC1CCC(NCc2nc(C(C)C)cs2)C1. The van der Waals surface area contributed by atoms with Gasteiger partial charge in [0.1, 0.15) is 5.01 Å². The minimum Gasteiger partial charge on any atom is -0.308 e. The van der Waals surface area contributed by atoms with Crippen LogP contribution in [0, 0.1) is 5.92 Å². The summed E-state index contributed by atoms with van der Waals surface area (Å²) in [6, 6.07) is 0.724. The molecule has 0 spiro atoms. The van der Waals surface area contributed by atoms with Crippen molar-refractivity contribution in [3.63, 3.8) is 0 Å². The number of rotatable bonds is 4. The number of aromatic nitrogens is 1. The number of hydrogen-bond acceptors (Lipinski definition) is 3. The minimum absolute atomic E-state index is 0.552. The maximum Gasteiger partial charge on any atom is 0.107 e.